The van der Waals surface area contributed by atoms with E-state index in [9.17, 15) is 9.59 Å². The number of amides is 1. The molecule has 0 spiro atoms. The fraction of sp³-hybridized carbons (Fsp3) is 0.464. The fourth-order valence-electron chi connectivity index (χ4n) is 4.72. The van der Waals surface area contributed by atoms with Crippen molar-refractivity contribution in [2.45, 2.75) is 46.1 Å². The van der Waals surface area contributed by atoms with Crippen LogP contribution in [0.5, 0.6) is 5.75 Å². The standard InChI is InChI=1S/C28H35N3O4/c1-4-34-24-12-10-22(11-13-24)26-18-25(21-8-6-20(3)7-9-21)29-31(26)27(32)19-30-16-14-23(15-17-30)28(33)35-5-2/h6-13,23,26H,4-5,14-19H2,1-3H3/t26-/m0/s1. The minimum Gasteiger partial charge on any atom is -0.494 e. The van der Waals surface area contributed by atoms with Crippen LogP contribution in [-0.4, -0.2) is 60.3 Å². The Hall–Kier alpha value is -3.19. The second-order valence-electron chi connectivity index (χ2n) is 9.18. The van der Waals surface area contributed by atoms with Gasteiger partial charge < -0.3 is 9.47 Å². The summed E-state index contributed by atoms with van der Waals surface area (Å²) in [4.78, 5) is 27.6. The van der Waals surface area contributed by atoms with Gasteiger partial charge in [-0.3, -0.25) is 14.5 Å². The summed E-state index contributed by atoms with van der Waals surface area (Å²) >= 11 is 0. The Kier molecular flexibility index (Phi) is 8.18. The third-order valence-electron chi connectivity index (χ3n) is 6.69. The third kappa shape index (κ3) is 6.09. The molecule has 2 aliphatic rings. The van der Waals surface area contributed by atoms with E-state index in [1.165, 1.54) is 5.56 Å². The average Bonchev–Trinajstić information content (AvgIpc) is 3.31. The highest BCUT2D eigenvalue weighted by Crippen LogP contribution is 2.34. The van der Waals surface area contributed by atoms with Crippen LogP contribution in [0.1, 0.15) is 55.8 Å². The van der Waals surface area contributed by atoms with Crippen LogP contribution in [0, 0.1) is 12.8 Å². The summed E-state index contributed by atoms with van der Waals surface area (Å²) in [6.07, 6.45) is 2.09. The average molecular weight is 478 g/mol. The maximum atomic E-state index is 13.5. The SMILES string of the molecule is CCOC(=O)C1CCN(CC(=O)N2N=C(c3ccc(C)cc3)C[C@H]2c2ccc(OCC)cc2)CC1. The molecule has 2 aliphatic heterocycles. The van der Waals surface area contributed by atoms with Crippen molar-refractivity contribution in [3.8, 4) is 5.75 Å². The van der Waals surface area contributed by atoms with Crippen LogP contribution in [0.3, 0.4) is 0 Å². The molecule has 0 aromatic heterocycles. The molecule has 0 unspecified atom stereocenters. The number of benzene rings is 2. The van der Waals surface area contributed by atoms with Crippen LogP contribution in [0.15, 0.2) is 53.6 Å². The lowest BCUT2D eigenvalue weighted by molar-refractivity contribution is -0.149. The van der Waals surface area contributed by atoms with Crippen molar-refractivity contribution < 1.29 is 19.1 Å². The number of rotatable bonds is 8. The number of aryl methyl sites for hydroxylation is 1. The van der Waals surface area contributed by atoms with Gasteiger partial charge in [0.2, 0.25) is 0 Å². The highest BCUT2D eigenvalue weighted by molar-refractivity contribution is 6.03. The number of carbonyl (C=O) groups is 2. The number of esters is 1. The minimum atomic E-state index is -0.161. The molecular weight excluding hydrogens is 442 g/mol. The van der Waals surface area contributed by atoms with Crippen molar-refractivity contribution in [2.24, 2.45) is 11.0 Å². The molecule has 7 heteroatoms. The molecule has 2 aromatic rings. The predicted molar refractivity (Wildman–Crippen MR) is 135 cm³/mol. The molecule has 1 saturated heterocycles. The Morgan fingerprint density at radius 3 is 2.29 bits per heavy atom. The number of likely N-dealkylation sites (tertiary alicyclic amines) is 1. The van der Waals surface area contributed by atoms with E-state index in [1.807, 2.05) is 38.1 Å². The van der Waals surface area contributed by atoms with E-state index >= 15 is 0 Å². The van der Waals surface area contributed by atoms with Crippen molar-refractivity contribution in [3.63, 3.8) is 0 Å². The molecule has 1 fully saturated rings. The van der Waals surface area contributed by atoms with E-state index in [0.717, 1.165) is 22.6 Å². The molecule has 0 N–H and O–H groups in total. The first-order valence-corrected chi connectivity index (χ1v) is 12.6. The second kappa shape index (κ2) is 11.5. The van der Waals surface area contributed by atoms with Gasteiger partial charge in [-0.2, -0.15) is 5.10 Å². The van der Waals surface area contributed by atoms with Crippen molar-refractivity contribution in [2.75, 3.05) is 32.8 Å². The summed E-state index contributed by atoms with van der Waals surface area (Å²) in [6, 6.07) is 16.1. The van der Waals surface area contributed by atoms with Gasteiger partial charge >= 0.3 is 5.97 Å². The molecule has 0 aliphatic carbocycles. The van der Waals surface area contributed by atoms with E-state index in [-0.39, 0.29) is 30.4 Å². The lowest BCUT2D eigenvalue weighted by atomic mass is 9.96. The van der Waals surface area contributed by atoms with Gasteiger partial charge in [0.1, 0.15) is 5.75 Å². The summed E-state index contributed by atoms with van der Waals surface area (Å²) < 4.78 is 10.8. The summed E-state index contributed by atoms with van der Waals surface area (Å²) in [5.41, 5.74) is 4.18. The molecule has 0 saturated carbocycles. The van der Waals surface area contributed by atoms with Crippen LogP contribution < -0.4 is 4.74 Å². The summed E-state index contributed by atoms with van der Waals surface area (Å²) in [5.74, 6) is 0.591. The normalized spacial score (nSPS) is 18.9. The Labute approximate surface area is 207 Å². The number of hydrazone groups is 1. The summed E-state index contributed by atoms with van der Waals surface area (Å²) in [6.45, 7) is 8.55. The van der Waals surface area contributed by atoms with Crippen LogP contribution in [-0.2, 0) is 14.3 Å². The molecule has 0 bridgehead atoms. The lowest BCUT2D eigenvalue weighted by Crippen LogP contribution is -2.43. The first-order valence-electron chi connectivity index (χ1n) is 12.6. The monoisotopic (exact) mass is 477 g/mol. The van der Waals surface area contributed by atoms with Gasteiger partial charge in [0.05, 0.1) is 37.4 Å². The van der Waals surface area contributed by atoms with Crippen molar-refractivity contribution >= 4 is 17.6 Å². The molecule has 7 nitrogen and oxygen atoms in total. The van der Waals surface area contributed by atoms with Crippen molar-refractivity contribution in [3.05, 3.63) is 65.2 Å². The quantitative estimate of drug-likeness (QED) is 0.529. The van der Waals surface area contributed by atoms with E-state index in [0.29, 0.717) is 45.6 Å². The number of piperidine rings is 1. The first kappa shape index (κ1) is 24.9. The number of carbonyl (C=O) groups excluding carboxylic acids is 2. The van der Waals surface area contributed by atoms with Crippen LogP contribution in [0.4, 0.5) is 0 Å². The van der Waals surface area contributed by atoms with Gasteiger partial charge in [-0.25, -0.2) is 5.01 Å². The van der Waals surface area contributed by atoms with Gasteiger partial charge in [0.25, 0.3) is 5.91 Å². The molecular formula is C28H35N3O4. The molecule has 35 heavy (non-hydrogen) atoms. The Bertz CT molecular complexity index is 1040. The molecule has 2 heterocycles. The molecule has 2 aromatic carbocycles. The number of nitrogens with zero attached hydrogens (tertiary/aromatic N) is 3. The summed E-state index contributed by atoms with van der Waals surface area (Å²) in [7, 11) is 0. The van der Waals surface area contributed by atoms with Gasteiger partial charge in [-0.05, 0) is 70.0 Å². The Morgan fingerprint density at radius 1 is 0.971 bits per heavy atom. The van der Waals surface area contributed by atoms with Crippen molar-refractivity contribution in [1.82, 2.24) is 9.91 Å². The third-order valence-corrected chi connectivity index (χ3v) is 6.69. The second-order valence-corrected chi connectivity index (χ2v) is 9.18. The smallest absolute Gasteiger partial charge is 0.309 e. The highest BCUT2D eigenvalue weighted by Gasteiger charge is 2.35. The molecule has 4 rings (SSSR count). The van der Waals surface area contributed by atoms with Gasteiger partial charge in [-0.15, -0.1) is 0 Å². The Balaban J connectivity index is 1.48. The minimum absolute atomic E-state index is 0.0272. The highest BCUT2D eigenvalue weighted by atomic mass is 16.5. The maximum Gasteiger partial charge on any atom is 0.309 e. The molecule has 1 amide bonds. The molecule has 1 atom stereocenters. The number of hydrogen-bond donors (Lipinski definition) is 0. The van der Waals surface area contributed by atoms with Gasteiger partial charge in [0, 0.05) is 6.42 Å². The van der Waals surface area contributed by atoms with E-state index in [2.05, 4.69) is 36.1 Å². The molecule has 0 radical (unpaired) electrons. The maximum absolute atomic E-state index is 13.5. The van der Waals surface area contributed by atoms with Gasteiger partial charge in [0.15, 0.2) is 0 Å². The molecule has 186 valence electrons. The van der Waals surface area contributed by atoms with Crippen molar-refractivity contribution in [1.29, 1.82) is 0 Å². The first-order chi connectivity index (χ1) is 17.0. The van der Waals surface area contributed by atoms with Crippen LogP contribution in [0.2, 0.25) is 0 Å². The summed E-state index contributed by atoms with van der Waals surface area (Å²) in [5, 5.41) is 6.46. The zero-order chi connectivity index (χ0) is 24.8. The topological polar surface area (TPSA) is 71.4 Å². The van der Waals surface area contributed by atoms with E-state index in [1.54, 1.807) is 5.01 Å². The zero-order valence-corrected chi connectivity index (χ0v) is 20.9. The van der Waals surface area contributed by atoms with Gasteiger partial charge in [-0.1, -0.05) is 42.0 Å². The fourth-order valence-corrected chi connectivity index (χ4v) is 4.72. The number of hydrogen-bond acceptors (Lipinski definition) is 6. The van der Waals surface area contributed by atoms with Crippen LogP contribution in [0.25, 0.3) is 0 Å². The van der Waals surface area contributed by atoms with E-state index in [4.69, 9.17) is 14.6 Å². The Morgan fingerprint density at radius 2 is 1.66 bits per heavy atom. The van der Waals surface area contributed by atoms with Crippen LogP contribution >= 0.6 is 0 Å². The lowest BCUT2D eigenvalue weighted by Gasteiger charge is -2.32. The van der Waals surface area contributed by atoms with E-state index < -0.39 is 0 Å². The zero-order valence-electron chi connectivity index (χ0n) is 20.9. The largest absolute Gasteiger partial charge is 0.494 e. The number of ether oxygens (including phenoxy) is 2. The predicted octanol–water partition coefficient (Wildman–Crippen LogP) is 4.35.